The number of halogens is 6. The molecule has 164 valence electrons. The lowest BCUT2D eigenvalue weighted by molar-refractivity contribution is -0.139. The standard InChI is InChI=1S/C20H16F6N4O/c1-12-8-10-28-30(12)11-16(31)29-17(13-4-6-14(7-5-13)19(21,22)23)18-15(20(24,25)26)3-2-9-27-18/h2-10,17H,11H2,1H3,(H,29,31). The maximum absolute atomic E-state index is 13.5. The van der Waals surface area contributed by atoms with E-state index in [4.69, 9.17) is 0 Å². The summed E-state index contributed by atoms with van der Waals surface area (Å²) in [6.45, 7) is 1.40. The monoisotopic (exact) mass is 442 g/mol. The summed E-state index contributed by atoms with van der Waals surface area (Å²) in [5.41, 5.74) is -1.93. The first-order chi connectivity index (χ1) is 14.5. The molecule has 1 atom stereocenters. The number of aromatic nitrogens is 3. The molecular weight excluding hydrogens is 426 g/mol. The first-order valence-corrected chi connectivity index (χ1v) is 8.94. The minimum absolute atomic E-state index is 0.0164. The van der Waals surface area contributed by atoms with Crippen LogP contribution >= 0.6 is 0 Å². The molecule has 0 spiro atoms. The van der Waals surface area contributed by atoms with Crippen LogP contribution in [0.4, 0.5) is 26.3 Å². The van der Waals surface area contributed by atoms with Crippen LogP contribution in [-0.2, 0) is 23.7 Å². The van der Waals surface area contributed by atoms with Gasteiger partial charge in [-0.2, -0.15) is 31.4 Å². The molecule has 0 fully saturated rings. The number of carbonyl (C=O) groups excluding carboxylic acids is 1. The Bertz CT molecular complexity index is 1060. The Morgan fingerprint density at radius 3 is 2.23 bits per heavy atom. The van der Waals surface area contributed by atoms with Crippen molar-refractivity contribution < 1.29 is 31.1 Å². The molecule has 1 unspecified atom stereocenters. The van der Waals surface area contributed by atoms with Crippen LogP contribution in [0.15, 0.2) is 54.9 Å². The van der Waals surface area contributed by atoms with Gasteiger partial charge < -0.3 is 5.32 Å². The Labute approximate surface area is 172 Å². The molecule has 0 aliphatic rings. The van der Waals surface area contributed by atoms with E-state index < -0.39 is 41.1 Å². The van der Waals surface area contributed by atoms with Crippen LogP contribution in [-0.4, -0.2) is 20.7 Å². The number of rotatable bonds is 5. The summed E-state index contributed by atoms with van der Waals surface area (Å²) in [6.07, 6.45) is -6.82. The Balaban J connectivity index is 2.01. The highest BCUT2D eigenvalue weighted by molar-refractivity contribution is 5.76. The summed E-state index contributed by atoms with van der Waals surface area (Å²) in [5.74, 6) is -0.685. The van der Waals surface area contributed by atoms with E-state index in [1.807, 2.05) is 0 Å². The SMILES string of the molecule is Cc1ccnn1CC(=O)NC(c1ccc(C(F)(F)F)cc1)c1ncccc1C(F)(F)F. The van der Waals surface area contributed by atoms with Crippen molar-refractivity contribution in [2.45, 2.75) is 31.9 Å². The molecule has 0 radical (unpaired) electrons. The van der Waals surface area contributed by atoms with Gasteiger partial charge in [-0.15, -0.1) is 0 Å². The Hall–Kier alpha value is -3.37. The van der Waals surface area contributed by atoms with Crippen molar-refractivity contribution in [2.75, 3.05) is 0 Å². The molecule has 1 amide bonds. The largest absolute Gasteiger partial charge is 0.418 e. The molecule has 1 aromatic carbocycles. The third-order valence-electron chi connectivity index (χ3n) is 4.52. The zero-order chi connectivity index (χ0) is 22.8. The Kier molecular flexibility index (Phi) is 6.05. The van der Waals surface area contributed by atoms with Gasteiger partial charge in [0.15, 0.2) is 0 Å². The van der Waals surface area contributed by atoms with Gasteiger partial charge in [0.2, 0.25) is 5.91 Å². The number of amides is 1. The van der Waals surface area contributed by atoms with E-state index in [9.17, 15) is 31.1 Å². The predicted molar refractivity (Wildman–Crippen MR) is 97.6 cm³/mol. The molecular formula is C20H16F6N4O. The van der Waals surface area contributed by atoms with Crippen LogP contribution in [0.3, 0.4) is 0 Å². The Morgan fingerprint density at radius 2 is 1.68 bits per heavy atom. The van der Waals surface area contributed by atoms with Crippen molar-refractivity contribution >= 4 is 5.91 Å². The molecule has 2 heterocycles. The van der Waals surface area contributed by atoms with Crippen molar-refractivity contribution in [3.8, 4) is 0 Å². The molecule has 3 aromatic rings. The Morgan fingerprint density at radius 1 is 1.00 bits per heavy atom. The van der Waals surface area contributed by atoms with Crippen LogP contribution in [0.1, 0.15) is 34.1 Å². The first-order valence-electron chi connectivity index (χ1n) is 8.94. The van der Waals surface area contributed by atoms with E-state index in [0.717, 1.165) is 42.6 Å². The lowest BCUT2D eigenvalue weighted by Crippen LogP contribution is -2.34. The highest BCUT2D eigenvalue weighted by Crippen LogP contribution is 2.36. The molecule has 0 bridgehead atoms. The third-order valence-corrected chi connectivity index (χ3v) is 4.52. The number of carbonyl (C=O) groups is 1. The molecule has 0 saturated carbocycles. The second-order valence-corrected chi connectivity index (χ2v) is 6.68. The average molecular weight is 442 g/mol. The van der Waals surface area contributed by atoms with Crippen molar-refractivity contribution in [1.29, 1.82) is 0 Å². The van der Waals surface area contributed by atoms with E-state index in [2.05, 4.69) is 15.4 Å². The summed E-state index contributed by atoms with van der Waals surface area (Å²) in [7, 11) is 0. The maximum Gasteiger partial charge on any atom is 0.418 e. The fraction of sp³-hybridized carbons (Fsp3) is 0.250. The summed E-state index contributed by atoms with van der Waals surface area (Å²) < 4.78 is 80.6. The number of hydrogen-bond acceptors (Lipinski definition) is 3. The van der Waals surface area contributed by atoms with Gasteiger partial charge >= 0.3 is 12.4 Å². The van der Waals surface area contributed by atoms with Gasteiger partial charge in [-0.3, -0.25) is 14.5 Å². The lowest BCUT2D eigenvalue weighted by atomic mass is 9.97. The summed E-state index contributed by atoms with van der Waals surface area (Å²) in [5, 5.41) is 6.38. The second kappa shape index (κ2) is 8.40. The molecule has 3 rings (SSSR count). The van der Waals surface area contributed by atoms with Crippen LogP contribution in [0.5, 0.6) is 0 Å². The molecule has 5 nitrogen and oxygen atoms in total. The molecule has 0 aliphatic carbocycles. The van der Waals surface area contributed by atoms with E-state index in [0.29, 0.717) is 5.69 Å². The summed E-state index contributed by atoms with van der Waals surface area (Å²) in [6, 6.07) is 5.60. The maximum atomic E-state index is 13.5. The van der Waals surface area contributed by atoms with Gasteiger partial charge in [0.05, 0.1) is 22.9 Å². The van der Waals surface area contributed by atoms with Gasteiger partial charge in [0, 0.05) is 18.1 Å². The third kappa shape index (κ3) is 5.22. The number of pyridine rings is 1. The second-order valence-electron chi connectivity index (χ2n) is 6.68. The zero-order valence-corrected chi connectivity index (χ0v) is 16.0. The topological polar surface area (TPSA) is 59.8 Å². The molecule has 0 aliphatic heterocycles. The molecule has 2 aromatic heterocycles. The number of nitrogens with zero attached hydrogens (tertiary/aromatic N) is 3. The fourth-order valence-corrected chi connectivity index (χ4v) is 2.97. The number of benzene rings is 1. The minimum Gasteiger partial charge on any atom is -0.342 e. The predicted octanol–water partition coefficient (Wildman–Crippen LogP) is 4.53. The average Bonchev–Trinajstić information content (AvgIpc) is 3.09. The normalized spacial score (nSPS) is 13.1. The fourth-order valence-electron chi connectivity index (χ4n) is 2.97. The smallest absolute Gasteiger partial charge is 0.342 e. The van der Waals surface area contributed by atoms with Crippen LogP contribution in [0.25, 0.3) is 0 Å². The quantitative estimate of drug-likeness (QED) is 0.591. The molecule has 31 heavy (non-hydrogen) atoms. The van der Waals surface area contributed by atoms with E-state index in [1.165, 1.54) is 10.9 Å². The lowest BCUT2D eigenvalue weighted by Gasteiger charge is -2.23. The molecule has 0 saturated heterocycles. The summed E-state index contributed by atoms with van der Waals surface area (Å²) >= 11 is 0. The van der Waals surface area contributed by atoms with Gasteiger partial charge in [0.25, 0.3) is 0 Å². The highest BCUT2D eigenvalue weighted by Gasteiger charge is 2.37. The van der Waals surface area contributed by atoms with Gasteiger partial charge in [-0.1, -0.05) is 12.1 Å². The zero-order valence-electron chi connectivity index (χ0n) is 16.0. The van der Waals surface area contributed by atoms with Crippen molar-refractivity contribution in [3.05, 3.63) is 82.9 Å². The minimum atomic E-state index is -4.78. The van der Waals surface area contributed by atoms with E-state index >= 15 is 0 Å². The molecule has 11 heteroatoms. The van der Waals surface area contributed by atoms with Gasteiger partial charge in [-0.05, 0) is 42.8 Å². The number of aryl methyl sites for hydroxylation is 1. The van der Waals surface area contributed by atoms with Gasteiger partial charge in [0.1, 0.15) is 6.54 Å². The van der Waals surface area contributed by atoms with Crippen LogP contribution < -0.4 is 5.32 Å². The number of hydrogen-bond donors (Lipinski definition) is 1. The van der Waals surface area contributed by atoms with Crippen molar-refractivity contribution in [2.24, 2.45) is 0 Å². The van der Waals surface area contributed by atoms with Gasteiger partial charge in [-0.25, -0.2) is 0 Å². The van der Waals surface area contributed by atoms with E-state index in [-0.39, 0.29) is 12.1 Å². The first kappa shape index (κ1) is 22.3. The van der Waals surface area contributed by atoms with Crippen molar-refractivity contribution in [3.63, 3.8) is 0 Å². The summed E-state index contributed by atoms with van der Waals surface area (Å²) in [4.78, 5) is 16.3. The van der Waals surface area contributed by atoms with E-state index in [1.54, 1.807) is 13.0 Å². The number of nitrogens with one attached hydrogen (secondary N) is 1. The highest BCUT2D eigenvalue weighted by atomic mass is 19.4. The van der Waals surface area contributed by atoms with Crippen molar-refractivity contribution in [1.82, 2.24) is 20.1 Å². The van der Waals surface area contributed by atoms with Crippen LogP contribution in [0, 0.1) is 6.92 Å². The molecule has 1 N–H and O–H groups in total. The van der Waals surface area contributed by atoms with Crippen LogP contribution in [0.2, 0.25) is 0 Å². The number of alkyl halides is 6.